The molecule has 0 nitrogen and oxygen atoms in total. The van der Waals surface area contributed by atoms with E-state index in [-0.39, 0.29) is 5.82 Å². The molecule has 0 heterocycles. The van der Waals surface area contributed by atoms with Crippen LogP contribution < -0.4 is 0 Å². The lowest BCUT2D eigenvalue weighted by Crippen LogP contribution is -1.86. The van der Waals surface area contributed by atoms with Crippen LogP contribution in [0.25, 0.3) is 11.1 Å². The van der Waals surface area contributed by atoms with E-state index in [0.29, 0.717) is 5.56 Å². The summed E-state index contributed by atoms with van der Waals surface area (Å²) in [5.41, 5.74) is 2.86. The Hall–Kier alpha value is -1.63. The summed E-state index contributed by atoms with van der Waals surface area (Å²) in [6.45, 7) is 2.15. The maximum absolute atomic E-state index is 13.5. The highest BCUT2D eigenvalue weighted by Crippen LogP contribution is 2.22. The molecule has 0 unspecified atom stereocenters. The lowest BCUT2D eigenvalue weighted by Gasteiger charge is -2.04. The first-order valence-electron chi connectivity index (χ1n) is 5.56. The van der Waals surface area contributed by atoms with Gasteiger partial charge in [-0.25, -0.2) is 4.39 Å². The summed E-state index contributed by atoms with van der Waals surface area (Å²) in [6, 6.07) is 15.7. The van der Waals surface area contributed by atoms with Crippen molar-refractivity contribution in [1.29, 1.82) is 0 Å². The van der Waals surface area contributed by atoms with Gasteiger partial charge in [-0.2, -0.15) is 0 Å². The van der Waals surface area contributed by atoms with Gasteiger partial charge in [-0.15, -0.1) is 0 Å². The first kappa shape index (κ1) is 10.9. The third-order valence-electron chi connectivity index (χ3n) is 2.62. The molecule has 0 fully saturated rings. The van der Waals surface area contributed by atoms with Crippen LogP contribution in [0.3, 0.4) is 0 Å². The fourth-order valence-electron chi connectivity index (χ4n) is 1.78. The number of benzene rings is 2. The second-order valence-corrected chi connectivity index (χ2v) is 3.85. The molecular formula is C15H14F. The predicted octanol–water partition coefficient (Wildman–Crippen LogP) is 4.25. The Morgan fingerprint density at radius 1 is 1.12 bits per heavy atom. The van der Waals surface area contributed by atoms with Gasteiger partial charge in [0.25, 0.3) is 0 Å². The maximum atomic E-state index is 13.5. The smallest absolute Gasteiger partial charge is 0.131 e. The van der Waals surface area contributed by atoms with Crippen molar-refractivity contribution in [3.8, 4) is 11.1 Å². The third kappa shape index (κ3) is 2.30. The largest absolute Gasteiger partial charge is 0.206 e. The lowest BCUT2D eigenvalue weighted by atomic mass is 10.0. The number of hydrogen-bond acceptors (Lipinski definition) is 0. The molecule has 0 aliphatic heterocycles. The second-order valence-electron chi connectivity index (χ2n) is 3.85. The standard InChI is InChI=1S/C15H14F/c1-2-5-12-8-10-13(11-9-12)14-6-3-4-7-15(14)16/h3,6-11H,2,5H2,1H3. The molecule has 1 heteroatoms. The van der Waals surface area contributed by atoms with E-state index in [9.17, 15) is 4.39 Å². The summed E-state index contributed by atoms with van der Waals surface area (Å²) < 4.78 is 13.5. The van der Waals surface area contributed by atoms with E-state index in [0.717, 1.165) is 18.4 Å². The molecule has 0 bridgehead atoms. The van der Waals surface area contributed by atoms with Crippen molar-refractivity contribution in [2.24, 2.45) is 0 Å². The minimum absolute atomic E-state index is 0.217. The van der Waals surface area contributed by atoms with E-state index in [2.05, 4.69) is 25.1 Å². The molecule has 0 aromatic heterocycles. The van der Waals surface area contributed by atoms with Crippen LogP contribution in [-0.2, 0) is 6.42 Å². The van der Waals surface area contributed by atoms with E-state index < -0.39 is 0 Å². The fraction of sp³-hybridized carbons (Fsp3) is 0.200. The number of rotatable bonds is 3. The van der Waals surface area contributed by atoms with Gasteiger partial charge in [-0.05, 0) is 29.7 Å². The molecule has 0 aliphatic carbocycles. The number of halogens is 1. The van der Waals surface area contributed by atoms with Crippen molar-refractivity contribution < 1.29 is 4.39 Å². The Balaban J connectivity index is 2.31. The molecule has 0 saturated heterocycles. The first-order valence-corrected chi connectivity index (χ1v) is 5.56. The van der Waals surface area contributed by atoms with Gasteiger partial charge in [0, 0.05) is 5.56 Å². The Kier molecular flexibility index (Phi) is 3.35. The Labute approximate surface area is 95.7 Å². The molecule has 2 aromatic carbocycles. The zero-order chi connectivity index (χ0) is 11.4. The van der Waals surface area contributed by atoms with E-state index >= 15 is 0 Å². The van der Waals surface area contributed by atoms with E-state index in [1.807, 2.05) is 12.1 Å². The molecule has 0 N–H and O–H groups in total. The van der Waals surface area contributed by atoms with Gasteiger partial charge in [-0.1, -0.05) is 49.7 Å². The van der Waals surface area contributed by atoms with Crippen molar-refractivity contribution in [3.63, 3.8) is 0 Å². The molecule has 1 radical (unpaired) electrons. The van der Waals surface area contributed by atoms with Gasteiger partial charge in [-0.3, -0.25) is 0 Å². The highest BCUT2D eigenvalue weighted by atomic mass is 19.1. The fourth-order valence-corrected chi connectivity index (χ4v) is 1.78. The Morgan fingerprint density at radius 2 is 1.88 bits per heavy atom. The quantitative estimate of drug-likeness (QED) is 0.715. The van der Waals surface area contributed by atoms with Crippen molar-refractivity contribution in [2.45, 2.75) is 19.8 Å². The van der Waals surface area contributed by atoms with Crippen molar-refractivity contribution >= 4 is 0 Å². The summed E-state index contributed by atoms with van der Waals surface area (Å²) in [5.74, 6) is -0.217. The molecule has 0 aliphatic rings. The van der Waals surface area contributed by atoms with Crippen LogP contribution in [0.2, 0.25) is 0 Å². The van der Waals surface area contributed by atoms with Crippen LogP contribution in [0.5, 0.6) is 0 Å². The van der Waals surface area contributed by atoms with Gasteiger partial charge in [0.1, 0.15) is 5.82 Å². The van der Waals surface area contributed by atoms with Gasteiger partial charge < -0.3 is 0 Å². The zero-order valence-corrected chi connectivity index (χ0v) is 9.33. The van der Waals surface area contributed by atoms with Crippen LogP contribution in [0, 0.1) is 11.9 Å². The van der Waals surface area contributed by atoms with Crippen LogP contribution in [-0.4, -0.2) is 0 Å². The SMILES string of the molecule is CCCc1ccc(-c2cc[c]cc2F)cc1. The van der Waals surface area contributed by atoms with E-state index in [1.54, 1.807) is 12.1 Å². The van der Waals surface area contributed by atoms with Crippen LogP contribution in [0.4, 0.5) is 4.39 Å². The van der Waals surface area contributed by atoms with Crippen molar-refractivity contribution in [2.75, 3.05) is 0 Å². The highest BCUT2D eigenvalue weighted by molar-refractivity contribution is 5.64. The molecule has 0 atom stereocenters. The zero-order valence-electron chi connectivity index (χ0n) is 9.33. The van der Waals surface area contributed by atoms with Crippen LogP contribution >= 0.6 is 0 Å². The maximum Gasteiger partial charge on any atom is 0.131 e. The van der Waals surface area contributed by atoms with Crippen LogP contribution in [0.15, 0.2) is 42.5 Å². The average Bonchev–Trinajstić information content (AvgIpc) is 2.31. The average molecular weight is 213 g/mol. The normalized spacial score (nSPS) is 10.4. The van der Waals surface area contributed by atoms with Crippen molar-refractivity contribution in [3.05, 3.63) is 59.9 Å². The van der Waals surface area contributed by atoms with Gasteiger partial charge in [0.15, 0.2) is 0 Å². The van der Waals surface area contributed by atoms with Gasteiger partial charge >= 0.3 is 0 Å². The first-order chi connectivity index (χ1) is 7.81. The Morgan fingerprint density at radius 3 is 2.50 bits per heavy atom. The summed E-state index contributed by atoms with van der Waals surface area (Å²) in [5, 5.41) is 0. The lowest BCUT2D eigenvalue weighted by molar-refractivity contribution is 0.631. The molecule has 16 heavy (non-hydrogen) atoms. The molecular weight excluding hydrogens is 199 g/mol. The molecule has 0 spiro atoms. The van der Waals surface area contributed by atoms with E-state index in [1.165, 1.54) is 11.6 Å². The summed E-state index contributed by atoms with van der Waals surface area (Å²) >= 11 is 0. The molecule has 2 rings (SSSR count). The number of hydrogen-bond donors (Lipinski definition) is 0. The summed E-state index contributed by atoms with van der Waals surface area (Å²) in [6.07, 6.45) is 2.21. The Bertz CT molecular complexity index is 457. The summed E-state index contributed by atoms with van der Waals surface area (Å²) in [7, 11) is 0. The van der Waals surface area contributed by atoms with E-state index in [4.69, 9.17) is 0 Å². The minimum Gasteiger partial charge on any atom is -0.206 e. The van der Waals surface area contributed by atoms with Gasteiger partial charge in [0.2, 0.25) is 0 Å². The molecule has 2 aromatic rings. The monoisotopic (exact) mass is 213 g/mol. The highest BCUT2D eigenvalue weighted by Gasteiger charge is 2.03. The summed E-state index contributed by atoms with van der Waals surface area (Å²) in [4.78, 5) is 0. The van der Waals surface area contributed by atoms with Crippen LogP contribution in [0.1, 0.15) is 18.9 Å². The van der Waals surface area contributed by atoms with Gasteiger partial charge in [0.05, 0.1) is 0 Å². The predicted molar refractivity (Wildman–Crippen MR) is 64.7 cm³/mol. The second kappa shape index (κ2) is 4.93. The minimum atomic E-state index is -0.217. The molecule has 0 amide bonds. The third-order valence-corrected chi connectivity index (χ3v) is 2.62. The van der Waals surface area contributed by atoms with Crippen molar-refractivity contribution in [1.82, 2.24) is 0 Å². The molecule has 0 saturated carbocycles. The molecule has 81 valence electrons. The topological polar surface area (TPSA) is 0 Å². The number of aryl methyl sites for hydroxylation is 1.